The van der Waals surface area contributed by atoms with E-state index >= 15 is 0 Å². The smallest absolute Gasteiger partial charge is 0.275 e. The average Bonchev–Trinajstić information content (AvgIpc) is 3.12. The summed E-state index contributed by atoms with van der Waals surface area (Å²) in [5, 5.41) is 12.7. The molecule has 21 heavy (non-hydrogen) atoms. The fraction of sp³-hybridized carbons (Fsp3) is 0.429. The molecule has 7 heteroatoms. The summed E-state index contributed by atoms with van der Waals surface area (Å²) >= 11 is 1.79. The SMILES string of the molecule is Cl.O=C(c1n[nH]c2c1CNCC2)N1CCc2sccc2C1. The predicted octanol–water partition coefficient (Wildman–Crippen LogP) is 1.74. The van der Waals surface area contributed by atoms with Gasteiger partial charge in [-0.25, -0.2) is 0 Å². The number of aromatic amines is 1. The number of thiophene rings is 1. The number of carbonyl (C=O) groups excluding carboxylic acids is 1. The van der Waals surface area contributed by atoms with Crippen LogP contribution in [0.2, 0.25) is 0 Å². The van der Waals surface area contributed by atoms with Gasteiger partial charge in [-0.05, 0) is 23.4 Å². The molecule has 0 spiro atoms. The standard InChI is InChI=1S/C14H16N4OS.ClH/c19-14(13-10-7-15-4-1-11(10)16-17-13)18-5-2-12-9(8-18)3-6-20-12;/h3,6,15H,1-2,4-5,7-8H2,(H,16,17);1H. The number of halogens is 1. The van der Waals surface area contributed by atoms with Gasteiger partial charge >= 0.3 is 0 Å². The van der Waals surface area contributed by atoms with E-state index in [-0.39, 0.29) is 18.3 Å². The molecule has 0 bridgehead atoms. The molecule has 2 aliphatic rings. The van der Waals surface area contributed by atoms with Crippen LogP contribution in [0.25, 0.3) is 0 Å². The Hall–Kier alpha value is -1.37. The first kappa shape index (κ1) is 14.6. The molecule has 0 aliphatic carbocycles. The van der Waals surface area contributed by atoms with Crippen molar-refractivity contribution in [3.8, 4) is 0 Å². The van der Waals surface area contributed by atoms with Crippen LogP contribution in [0.1, 0.15) is 32.2 Å². The summed E-state index contributed by atoms with van der Waals surface area (Å²) < 4.78 is 0. The molecule has 0 unspecified atom stereocenters. The summed E-state index contributed by atoms with van der Waals surface area (Å²) in [6.07, 6.45) is 1.88. The van der Waals surface area contributed by atoms with E-state index in [1.165, 1.54) is 10.4 Å². The largest absolute Gasteiger partial charge is 0.333 e. The third kappa shape index (κ3) is 2.47. The van der Waals surface area contributed by atoms with Crippen molar-refractivity contribution in [3.05, 3.63) is 38.8 Å². The molecular formula is C14H17ClN4OS. The van der Waals surface area contributed by atoms with Crippen molar-refractivity contribution in [3.63, 3.8) is 0 Å². The number of carbonyl (C=O) groups is 1. The summed E-state index contributed by atoms with van der Waals surface area (Å²) in [4.78, 5) is 16.0. The van der Waals surface area contributed by atoms with Gasteiger partial charge in [0.05, 0.1) is 0 Å². The quantitative estimate of drug-likeness (QED) is 0.840. The minimum atomic E-state index is 0. The fourth-order valence-electron chi connectivity index (χ4n) is 2.97. The van der Waals surface area contributed by atoms with E-state index in [0.717, 1.165) is 43.7 Å². The number of aromatic nitrogens is 2. The van der Waals surface area contributed by atoms with Crippen molar-refractivity contribution in [1.29, 1.82) is 0 Å². The van der Waals surface area contributed by atoms with Gasteiger partial charge in [0.1, 0.15) is 0 Å². The van der Waals surface area contributed by atoms with Crippen molar-refractivity contribution in [2.75, 3.05) is 13.1 Å². The topological polar surface area (TPSA) is 61.0 Å². The van der Waals surface area contributed by atoms with E-state index < -0.39 is 0 Å². The Bertz CT molecular complexity index is 666. The second kappa shape index (κ2) is 5.79. The summed E-state index contributed by atoms with van der Waals surface area (Å²) in [5.41, 5.74) is 4.06. The highest BCUT2D eigenvalue weighted by molar-refractivity contribution is 7.10. The highest BCUT2D eigenvalue weighted by atomic mass is 35.5. The van der Waals surface area contributed by atoms with Crippen LogP contribution in [-0.4, -0.2) is 34.1 Å². The molecule has 4 rings (SSSR count). The molecule has 2 aromatic heterocycles. The third-order valence-corrected chi connectivity index (χ3v) is 5.13. The first-order valence-electron chi connectivity index (χ1n) is 6.94. The molecule has 112 valence electrons. The highest BCUT2D eigenvalue weighted by Crippen LogP contribution is 2.26. The van der Waals surface area contributed by atoms with E-state index in [1.807, 2.05) is 4.90 Å². The summed E-state index contributed by atoms with van der Waals surface area (Å²) in [5.74, 6) is 0.0584. The molecule has 0 saturated heterocycles. The van der Waals surface area contributed by atoms with Crippen LogP contribution in [-0.2, 0) is 25.9 Å². The molecule has 0 fully saturated rings. The summed E-state index contributed by atoms with van der Waals surface area (Å²) in [7, 11) is 0. The first-order chi connectivity index (χ1) is 9.83. The van der Waals surface area contributed by atoms with Gasteiger partial charge in [0, 0.05) is 48.7 Å². The number of nitrogens with zero attached hydrogens (tertiary/aromatic N) is 2. The Balaban J connectivity index is 0.00000132. The highest BCUT2D eigenvalue weighted by Gasteiger charge is 2.28. The maximum absolute atomic E-state index is 12.7. The minimum Gasteiger partial charge on any atom is -0.333 e. The fourth-order valence-corrected chi connectivity index (χ4v) is 3.86. The Morgan fingerprint density at radius 1 is 1.38 bits per heavy atom. The molecular weight excluding hydrogens is 308 g/mol. The number of hydrogen-bond donors (Lipinski definition) is 2. The Morgan fingerprint density at radius 3 is 3.19 bits per heavy atom. The van der Waals surface area contributed by atoms with Crippen LogP contribution in [0.15, 0.2) is 11.4 Å². The lowest BCUT2D eigenvalue weighted by atomic mass is 10.0. The zero-order valence-electron chi connectivity index (χ0n) is 11.5. The number of nitrogens with one attached hydrogen (secondary N) is 2. The molecule has 0 aromatic carbocycles. The molecule has 4 heterocycles. The van der Waals surface area contributed by atoms with E-state index in [9.17, 15) is 4.79 Å². The summed E-state index contributed by atoms with van der Waals surface area (Å²) in [6.45, 7) is 3.20. The number of rotatable bonds is 1. The van der Waals surface area contributed by atoms with E-state index in [2.05, 4.69) is 27.0 Å². The number of fused-ring (bicyclic) bond motifs is 2. The van der Waals surface area contributed by atoms with Crippen LogP contribution in [0.3, 0.4) is 0 Å². The van der Waals surface area contributed by atoms with Gasteiger partial charge < -0.3 is 10.2 Å². The molecule has 0 radical (unpaired) electrons. The number of H-pyrrole nitrogens is 1. The molecule has 0 atom stereocenters. The van der Waals surface area contributed by atoms with E-state index in [0.29, 0.717) is 12.2 Å². The lowest BCUT2D eigenvalue weighted by Gasteiger charge is -2.27. The van der Waals surface area contributed by atoms with E-state index in [1.54, 1.807) is 11.3 Å². The monoisotopic (exact) mass is 324 g/mol. The van der Waals surface area contributed by atoms with Crippen LogP contribution in [0.4, 0.5) is 0 Å². The second-order valence-electron chi connectivity index (χ2n) is 5.30. The third-order valence-electron chi connectivity index (χ3n) is 4.10. The van der Waals surface area contributed by atoms with E-state index in [4.69, 9.17) is 0 Å². The van der Waals surface area contributed by atoms with Gasteiger partial charge in [0.25, 0.3) is 5.91 Å². The molecule has 2 aliphatic heterocycles. The maximum Gasteiger partial charge on any atom is 0.275 e. The Labute approximate surface area is 133 Å². The zero-order chi connectivity index (χ0) is 13.5. The van der Waals surface area contributed by atoms with Crippen molar-refractivity contribution >= 4 is 29.7 Å². The molecule has 1 amide bonds. The van der Waals surface area contributed by atoms with Crippen molar-refractivity contribution < 1.29 is 4.79 Å². The lowest BCUT2D eigenvalue weighted by molar-refractivity contribution is 0.0728. The number of amides is 1. The van der Waals surface area contributed by atoms with Crippen molar-refractivity contribution in [1.82, 2.24) is 20.4 Å². The minimum absolute atomic E-state index is 0. The predicted molar refractivity (Wildman–Crippen MR) is 84.0 cm³/mol. The van der Waals surface area contributed by atoms with Crippen molar-refractivity contribution in [2.24, 2.45) is 0 Å². The molecule has 5 nitrogen and oxygen atoms in total. The lowest BCUT2D eigenvalue weighted by Crippen LogP contribution is -2.36. The van der Waals surface area contributed by atoms with Gasteiger partial charge in [-0.1, -0.05) is 0 Å². The Kier molecular flexibility index (Phi) is 4.01. The molecule has 2 N–H and O–H groups in total. The summed E-state index contributed by atoms with van der Waals surface area (Å²) in [6, 6.07) is 2.13. The average molecular weight is 325 g/mol. The number of hydrogen-bond acceptors (Lipinski definition) is 4. The van der Waals surface area contributed by atoms with Crippen LogP contribution < -0.4 is 5.32 Å². The second-order valence-corrected chi connectivity index (χ2v) is 6.30. The Morgan fingerprint density at radius 2 is 2.29 bits per heavy atom. The van der Waals surface area contributed by atoms with Gasteiger partial charge in [-0.15, -0.1) is 23.7 Å². The normalized spacial score (nSPS) is 16.9. The van der Waals surface area contributed by atoms with Crippen LogP contribution in [0.5, 0.6) is 0 Å². The van der Waals surface area contributed by atoms with Crippen LogP contribution in [0, 0.1) is 0 Å². The van der Waals surface area contributed by atoms with Gasteiger partial charge in [-0.3, -0.25) is 9.89 Å². The maximum atomic E-state index is 12.7. The van der Waals surface area contributed by atoms with Crippen LogP contribution >= 0.6 is 23.7 Å². The van der Waals surface area contributed by atoms with Crippen molar-refractivity contribution in [2.45, 2.75) is 25.9 Å². The van der Waals surface area contributed by atoms with Gasteiger partial charge in [-0.2, -0.15) is 5.10 Å². The van der Waals surface area contributed by atoms with Gasteiger partial charge in [0.2, 0.25) is 0 Å². The molecule has 0 saturated carbocycles. The molecule has 2 aromatic rings. The first-order valence-corrected chi connectivity index (χ1v) is 7.82. The van der Waals surface area contributed by atoms with Gasteiger partial charge in [0.15, 0.2) is 5.69 Å². The zero-order valence-corrected chi connectivity index (χ0v) is 13.1.